The van der Waals surface area contributed by atoms with E-state index in [1.807, 2.05) is 18.2 Å². The number of aliphatic hydroxyl groups is 1. The Bertz CT molecular complexity index is 521. The monoisotopic (exact) mass is 260 g/mol. The van der Waals surface area contributed by atoms with Gasteiger partial charge in [-0.15, -0.1) is 11.8 Å². The molecule has 0 heterocycles. The van der Waals surface area contributed by atoms with Crippen LogP contribution >= 0.6 is 11.8 Å². The van der Waals surface area contributed by atoms with E-state index in [0.717, 1.165) is 22.4 Å². The van der Waals surface area contributed by atoms with Crippen LogP contribution in [-0.4, -0.2) is 18.5 Å². The number of ether oxygens (including phenoxy) is 1. The summed E-state index contributed by atoms with van der Waals surface area (Å²) in [5.74, 6) is 0.724. The van der Waals surface area contributed by atoms with Crippen LogP contribution in [0, 0.1) is 0 Å². The largest absolute Gasteiger partial charge is 0.496 e. The van der Waals surface area contributed by atoms with Crippen LogP contribution in [0.5, 0.6) is 5.75 Å². The molecule has 0 aliphatic heterocycles. The lowest BCUT2D eigenvalue weighted by Gasteiger charge is -2.09. The van der Waals surface area contributed by atoms with Gasteiger partial charge in [-0.2, -0.15) is 0 Å². The quantitative estimate of drug-likeness (QED) is 0.852. The van der Waals surface area contributed by atoms with Crippen LogP contribution in [-0.2, 0) is 6.61 Å². The van der Waals surface area contributed by atoms with Crippen molar-refractivity contribution in [3.05, 3.63) is 48.0 Å². The third kappa shape index (κ3) is 2.68. The summed E-state index contributed by atoms with van der Waals surface area (Å²) in [6, 6.07) is 14.2. The van der Waals surface area contributed by atoms with Crippen molar-refractivity contribution in [1.82, 2.24) is 0 Å². The fraction of sp³-hybridized carbons (Fsp3) is 0.200. The summed E-state index contributed by atoms with van der Waals surface area (Å²) < 4.78 is 5.20. The van der Waals surface area contributed by atoms with Gasteiger partial charge in [-0.3, -0.25) is 0 Å². The van der Waals surface area contributed by atoms with Crippen LogP contribution in [0.4, 0.5) is 0 Å². The fourth-order valence-corrected chi connectivity index (χ4v) is 2.27. The lowest BCUT2D eigenvalue weighted by Crippen LogP contribution is -1.92. The zero-order valence-corrected chi connectivity index (χ0v) is 11.3. The molecule has 0 aromatic heterocycles. The minimum Gasteiger partial charge on any atom is -0.496 e. The van der Waals surface area contributed by atoms with Crippen molar-refractivity contribution in [3.8, 4) is 16.9 Å². The van der Waals surface area contributed by atoms with Gasteiger partial charge in [-0.1, -0.05) is 18.2 Å². The zero-order chi connectivity index (χ0) is 13.0. The average Bonchev–Trinajstić information content (AvgIpc) is 2.46. The minimum atomic E-state index is -0.0140. The molecule has 2 rings (SSSR count). The molecule has 3 heteroatoms. The standard InChI is InChI=1S/C15H16O2S/c1-17-15-8-5-12(9-13(15)10-16)11-3-6-14(18-2)7-4-11/h3-9,16H,10H2,1-2H3. The predicted octanol–water partition coefficient (Wildman–Crippen LogP) is 3.58. The Kier molecular flexibility index (Phi) is 4.28. The van der Waals surface area contributed by atoms with Crippen molar-refractivity contribution in [2.45, 2.75) is 11.5 Å². The molecule has 0 bridgehead atoms. The van der Waals surface area contributed by atoms with Crippen LogP contribution in [0.2, 0.25) is 0 Å². The van der Waals surface area contributed by atoms with Crippen molar-refractivity contribution in [2.24, 2.45) is 0 Å². The Morgan fingerprint density at radius 1 is 1.06 bits per heavy atom. The van der Waals surface area contributed by atoms with E-state index in [4.69, 9.17) is 4.74 Å². The molecule has 0 radical (unpaired) electrons. The molecule has 2 nitrogen and oxygen atoms in total. The van der Waals surface area contributed by atoms with Gasteiger partial charge in [0.25, 0.3) is 0 Å². The predicted molar refractivity (Wildman–Crippen MR) is 76.1 cm³/mol. The summed E-state index contributed by atoms with van der Waals surface area (Å²) in [5, 5.41) is 9.32. The molecule has 94 valence electrons. The van der Waals surface area contributed by atoms with E-state index in [1.54, 1.807) is 18.9 Å². The van der Waals surface area contributed by atoms with Gasteiger partial charge in [-0.05, 0) is 41.6 Å². The van der Waals surface area contributed by atoms with Crippen molar-refractivity contribution >= 4 is 11.8 Å². The van der Waals surface area contributed by atoms with Crippen LogP contribution < -0.4 is 4.74 Å². The number of benzene rings is 2. The first kappa shape index (κ1) is 13.0. The second-order valence-electron chi connectivity index (χ2n) is 3.91. The Balaban J connectivity index is 2.37. The van der Waals surface area contributed by atoms with E-state index in [9.17, 15) is 5.11 Å². The van der Waals surface area contributed by atoms with E-state index in [-0.39, 0.29) is 6.61 Å². The normalized spacial score (nSPS) is 10.4. The van der Waals surface area contributed by atoms with Crippen LogP contribution in [0.1, 0.15) is 5.56 Å². The molecule has 18 heavy (non-hydrogen) atoms. The summed E-state index contributed by atoms with van der Waals surface area (Å²) in [6.45, 7) is -0.0140. The highest BCUT2D eigenvalue weighted by molar-refractivity contribution is 7.98. The number of hydrogen-bond acceptors (Lipinski definition) is 3. The highest BCUT2D eigenvalue weighted by Crippen LogP contribution is 2.28. The molecular formula is C15H16O2S. The van der Waals surface area contributed by atoms with Gasteiger partial charge in [0.2, 0.25) is 0 Å². The van der Waals surface area contributed by atoms with Crippen LogP contribution in [0.25, 0.3) is 11.1 Å². The summed E-state index contributed by atoms with van der Waals surface area (Å²) >= 11 is 1.73. The summed E-state index contributed by atoms with van der Waals surface area (Å²) in [5.41, 5.74) is 3.04. The maximum Gasteiger partial charge on any atom is 0.124 e. The molecule has 0 saturated heterocycles. The maximum atomic E-state index is 9.32. The smallest absolute Gasteiger partial charge is 0.124 e. The summed E-state index contributed by atoms with van der Waals surface area (Å²) in [7, 11) is 1.61. The molecule has 0 unspecified atom stereocenters. The molecule has 0 aliphatic carbocycles. The number of aliphatic hydroxyl groups excluding tert-OH is 1. The lowest BCUT2D eigenvalue weighted by atomic mass is 10.0. The molecule has 0 spiro atoms. The van der Waals surface area contributed by atoms with Gasteiger partial charge in [0, 0.05) is 10.5 Å². The first-order valence-corrected chi connectivity index (χ1v) is 6.93. The van der Waals surface area contributed by atoms with E-state index in [0.29, 0.717) is 0 Å². The second kappa shape index (κ2) is 5.94. The number of thioether (sulfide) groups is 1. The average molecular weight is 260 g/mol. The molecule has 1 N–H and O–H groups in total. The van der Waals surface area contributed by atoms with Gasteiger partial charge < -0.3 is 9.84 Å². The molecule has 2 aromatic rings. The Hall–Kier alpha value is -1.45. The van der Waals surface area contributed by atoms with Crippen LogP contribution in [0.15, 0.2) is 47.4 Å². The Morgan fingerprint density at radius 3 is 2.28 bits per heavy atom. The van der Waals surface area contributed by atoms with Crippen molar-refractivity contribution in [2.75, 3.05) is 13.4 Å². The van der Waals surface area contributed by atoms with Gasteiger partial charge in [0.1, 0.15) is 5.75 Å². The van der Waals surface area contributed by atoms with Crippen molar-refractivity contribution < 1.29 is 9.84 Å². The fourth-order valence-electron chi connectivity index (χ4n) is 1.87. The van der Waals surface area contributed by atoms with E-state index >= 15 is 0 Å². The van der Waals surface area contributed by atoms with E-state index < -0.39 is 0 Å². The lowest BCUT2D eigenvalue weighted by molar-refractivity contribution is 0.274. The van der Waals surface area contributed by atoms with Gasteiger partial charge in [0.15, 0.2) is 0 Å². The third-order valence-electron chi connectivity index (χ3n) is 2.87. The highest BCUT2D eigenvalue weighted by Gasteiger charge is 2.05. The highest BCUT2D eigenvalue weighted by atomic mass is 32.2. The summed E-state index contributed by atoms with van der Waals surface area (Å²) in [6.07, 6.45) is 2.06. The Morgan fingerprint density at radius 2 is 1.72 bits per heavy atom. The zero-order valence-electron chi connectivity index (χ0n) is 10.5. The molecule has 0 amide bonds. The van der Waals surface area contributed by atoms with Crippen LogP contribution in [0.3, 0.4) is 0 Å². The van der Waals surface area contributed by atoms with E-state index in [1.165, 1.54) is 4.90 Å². The van der Waals surface area contributed by atoms with Gasteiger partial charge >= 0.3 is 0 Å². The van der Waals surface area contributed by atoms with Crippen molar-refractivity contribution in [3.63, 3.8) is 0 Å². The van der Waals surface area contributed by atoms with Gasteiger partial charge in [-0.25, -0.2) is 0 Å². The first-order chi connectivity index (χ1) is 8.78. The first-order valence-electron chi connectivity index (χ1n) is 5.70. The summed E-state index contributed by atoms with van der Waals surface area (Å²) in [4.78, 5) is 1.25. The molecule has 0 aliphatic rings. The second-order valence-corrected chi connectivity index (χ2v) is 4.79. The number of hydrogen-bond donors (Lipinski definition) is 1. The van der Waals surface area contributed by atoms with Crippen molar-refractivity contribution in [1.29, 1.82) is 0 Å². The molecule has 0 saturated carbocycles. The molecule has 0 atom stereocenters. The third-order valence-corrected chi connectivity index (χ3v) is 3.62. The molecule has 0 fully saturated rings. The Labute approximate surface area is 112 Å². The number of rotatable bonds is 4. The maximum absolute atomic E-state index is 9.32. The molecule has 2 aromatic carbocycles. The minimum absolute atomic E-state index is 0.0140. The van der Waals surface area contributed by atoms with Gasteiger partial charge in [0.05, 0.1) is 13.7 Å². The SMILES string of the molecule is COc1ccc(-c2ccc(SC)cc2)cc1CO. The van der Waals surface area contributed by atoms with E-state index in [2.05, 4.69) is 30.5 Å². The number of methoxy groups -OCH3 is 1. The molecular weight excluding hydrogens is 244 g/mol. The topological polar surface area (TPSA) is 29.5 Å².